The molecule has 9 nitrogen and oxygen atoms in total. The van der Waals surface area contributed by atoms with Crippen molar-refractivity contribution in [3.8, 4) is 0 Å². The summed E-state index contributed by atoms with van der Waals surface area (Å²) in [4.78, 5) is 46.0. The highest BCUT2D eigenvalue weighted by atomic mass is 16.5. The molecule has 0 unspecified atom stereocenters. The Kier molecular flexibility index (Phi) is 6.47. The molecule has 0 bridgehead atoms. The number of carbonyl (C=O) groups excluding carboxylic acids is 3. The minimum absolute atomic E-state index is 0.00472. The largest absolute Gasteiger partial charge is 0.369 e. The van der Waals surface area contributed by atoms with Crippen LogP contribution in [0.5, 0.6) is 0 Å². The molecule has 6 rings (SSSR count). The van der Waals surface area contributed by atoms with Crippen molar-refractivity contribution >= 4 is 23.3 Å². The van der Waals surface area contributed by atoms with Crippen molar-refractivity contribution in [1.82, 2.24) is 15.1 Å². The monoisotopic (exact) mass is 495 g/mol. The smallest absolute Gasteiger partial charge is 0.251 e. The van der Waals surface area contributed by atoms with E-state index in [9.17, 15) is 14.4 Å². The average molecular weight is 496 g/mol. The molecular formula is C27H37N5O4. The highest BCUT2D eigenvalue weighted by Gasteiger charge is 2.52. The Balaban J connectivity index is 1.13. The molecule has 3 heterocycles. The number of rotatable bonds is 6. The minimum atomic E-state index is -0.658. The first-order valence-electron chi connectivity index (χ1n) is 13.6. The van der Waals surface area contributed by atoms with E-state index in [4.69, 9.17) is 10.5 Å². The van der Waals surface area contributed by atoms with Crippen molar-refractivity contribution in [2.45, 2.75) is 68.8 Å². The van der Waals surface area contributed by atoms with E-state index < -0.39 is 18.2 Å². The highest BCUT2D eigenvalue weighted by molar-refractivity contribution is 5.99. The Labute approximate surface area is 212 Å². The van der Waals surface area contributed by atoms with E-state index in [-0.39, 0.29) is 42.7 Å². The zero-order chi connectivity index (χ0) is 24.8. The maximum Gasteiger partial charge on any atom is 0.251 e. The number of piperazine rings is 1. The van der Waals surface area contributed by atoms with Crippen LogP contribution in [-0.2, 0) is 14.3 Å². The summed E-state index contributed by atoms with van der Waals surface area (Å²) in [7, 11) is 0. The Morgan fingerprint density at radius 2 is 1.69 bits per heavy atom. The third-order valence-electron chi connectivity index (χ3n) is 8.80. The number of benzene rings is 1. The summed E-state index contributed by atoms with van der Waals surface area (Å²) in [6.45, 7) is 4.46. The fraction of sp³-hybridized carbons (Fsp3) is 0.667. The van der Waals surface area contributed by atoms with Gasteiger partial charge in [0.15, 0.2) is 5.78 Å². The molecule has 1 aromatic carbocycles. The van der Waals surface area contributed by atoms with Crippen molar-refractivity contribution in [2.24, 2.45) is 11.7 Å². The van der Waals surface area contributed by atoms with Crippen molar-refractivity contribution in [1.29, 1.82) is 0 Å². The number of likely N-dealkylation sites (tertiary alicyclic amines) is 1. The lowest BCUT2D eigenvalue weighted by atomic mass is 9.95. The molecule has 194 valence electrons. The zero-order valence-corrected chi connectivity index (χ0v) is 20.8. The lowest BCUT2D eigenvalue weighted by molar-refractivity contribution is -0.139. The molecule has 0 radical (unpaired) electrons. The first-order chi connectivity index (χ1) is 17.5. The van der Waals surface area contributed by atoms with Gasteiger partial charge in [-0.25, -0.2) is 0 Å². The van der Waals surface area contributed by atoms with Crippen molar-refractivity contribution in [3.63, 3.8) is 0 Å². The lowest BCUT2D eigenvalue weighted by Crippen LogP contribution is -2.54. The summed E-state index contributed by atoms with van der Waals surface area (Å²) >= 11 is 0. The van der Waals surface area contributed by atoms with Crippen LogP contribution in [0, 0.1) is 5.92 Å². The molecule has 9 heteroatoms. The summed E-state index contributed by atoms with van der Waals surface area (Å²) in [5.41, 5.74) is 7.86. The van der Waals surface area contributed by atoms with Gasteiger partial charge in [0, 0.05) is 50.0 Å². The zero-order valence-electron chi connectivity index (χ0n) is 20.8. The fourth-order valence-electron chi connectivity index (χ4n) is 6.60. The van der Waals surface area contributed by atoms with Gasteiger partial charge in [0.1, 0.15) is 24.8 Å². The number of fused-ring (bicyclic) bond motifs is 1. The van der Waals surface area contributed by atoms with E-state index in [1.54, 1.807) is 4.90 Å². The normalized spacial score (nSPS) is 30.0. The maximum absolute atomic E-state index is 13.7. The average Bonchev–Trinajstić information content (AvgIpc) is 3.30. The number of amides is 2. The summed E-state index contributed by atoms with van der Waals surface area (Å²) in [5.74, 6) is -0.496. The second kappa shape index (κ2) is 9.76. The van der Waals surface area contributed by atoms with Crippen LogP contribution in [0.25, 0.3) is 0 Å². The molecule has 1 aromatic rings. The van der Waals surface area contributed by atoms with Crippen LogP contribution in [0.2, 0.25) is 0 Å². The minimum Gasteiger partial charge on any atom is -0.369 e. The topological polar surface area (TPSA) is 108 Å². The molecule has 5 fully saturated rings. The van der Waals surface area contributed by atoms with Crippen LogP contribution in [-0.4, -0.2) is 97.0 Å². The molecule has 5 aliphatic rings. The number of nitrogens with one attached hydrogen (secondary N) is 1. The SMILES string of the molecule is N[C@@H]1CN(C(=O)[C@@H](NC(=O)c2ccc(N3CCN(C4CC4)CC3)cc2)C2CCCC2)[C@@H]2C(=O)CO[C@H]12. The molecule has 0 spiro atoms. The Hall–Kier alpha value is -2.49. The molecule has 3 N–H and O–H groups in total. The lowest BCUT2D eigenvalue weighted by Gasteiger charge is -2.36. The predicted molar refractivity (Wildman–Crippen MR) is 135 cm³/mol. The first kappa shape index (κ1) is 23.9. The van der Waals surface area contributed by atoms with Crippen LogP contribution < -0.4 is 16.0 Å². The molecule has 2 saturated carbocycles. The van der Waals surface area contributed by atoms with Gasteiger partial charge < -0.3 is 25.6 Å². The quantitative estimate of drug-likeness (QED) is 0.600. The van der Waals surface area contributed by atoms with E-state index >= 15 is 0 Å². The van der Waals surface area contributed by atoms with Gasteiger partial charge in [-0.1, -0.05) is 12.8 Å². The number of nitrogens with two attached hydrogens (primary N) is 1. The molecule has 3 saturated heterocycles. The van der Waals surface area contributed by atoms with Gasteiger partial charge in [0.25, 0.3) is 5.91 Å². The highest BCUT2D eigenvalue weighted by Crippen LogP contribution is 2.33. The molecule has 2 amide bonds. The summed E-state index contributed by atoms with van der Waals surface area (Å²) in [6, 6.07) is 6.84. The standard InChI is InChI=1S/C27H37N5O4/c28-21-15-32(24-22(33)16-36-25(21)24)27(35)23(17-3-1-2-4-17)29-26(34)18-5-7-19(8-6-18)30-11-13-31(14-12-30)20-9-10-20/h5-8,17,20-21,23-25H,1-4,9-16,28H2,(H,29,34)/t21-,23+,24-,25-/m1/s1. The van der Waals surface area contributed by atoms with Gasteiger partial charge in [-0.3, -0.25) is 19.3 Å². The van der Waals surface area contributed by atoms with E-state index in [0.717, 1.165) is 63.6 Å². The Morgan fingerprint density at radius 3 is 2.36 bits per heavy atom. The number of Topliss-reactive ketones (excluding diaryl/α,β-unsaturated/α-hetero) is 1. The van der Waals surface area contributed by atoms with Gasteiger partial charge in [0.05, 0.1) is 6.04 Å². The molecule has 3 aliphatic heterocycles. The van der Waals surface area contributed by atoms with Gasteiger partial charge >= 0.3 is 0 Å². The van der Waals surface area contributed by atoms with E-state index in [0.29, 0.717) is 5.56 Å². The number of anilines is 1. The third-order valence-corrected chi connectivity index (χ3v) is 8.80. The van der Waals surface area contributed by atoms with Crippen LogP contribution in [0.4, 0.5) is 5.69 Å². The second-order valence-corrected chi connectivity index (χ2v) is 11.1. The predicted octanol–water partition coefficient (Wildman–Crippen LogP) is 0.766. The van der Waals surface area contributed by atoms with E-state index in [1.807, 2.05) is 24.3 Å². The van der Waals surface area contributed by atoms with Crippen LogP contribution >= 0.6 is 0 Å². The Morgan fingerprint density at radius 1 is 1.00 bits per heavy atom. The van der Waals surface area contributed by atoms with Crippen molar-refractivity contribution < 1.29 is 19.1 Å². The first-order valence-corrected chi connectivity index (χ1v) is 13.6. The summed E-state index contributed by atoms with van der Waals surface area (Å²) < 4.78 is 5.56. The third kappa shape index (κ3) is 4.53. The summed E-state index contributed by atoms with van der Waals surface area (Å²) in [5, 5.41) is 3.04. The van der Waals surface area contributed by atoms with Gasteiger partial charge in [-0.05, 0) is 55.9 Å². The van der Waals surface area contributed by atoms with Crippen molar-refractivity contribution in [3.05, 3.63) is 29.8 Å². The van der Waals surface area contributed by atoms with Crippen molar-refractivity contribution in [2.75, 3.05) is 44.2 Å². The second-order valence-electron chi connectivity index (χ2n) is 11.1. The number of ketones is 1. The van der Waals surface area contributed by atoms with E-state index in [1.165, 1.54) is 12.8 Å². The summed E-state index contributed by atoms with van der Waals surface area (Å²) in [6.07, 6.45) is 6.09. The van der Waals surface area contributed by atoms with Gasteiger partial charge in [0.2, 0.25) is 5.91 Å². The molecular weight excluding hydrogens is 458 g/mol. The molecule has 0 aromatic heterocycles. The van der Waals surface area contributed by atoms with Crippen LogP contribution in [0.3, 0.4) is 0 Å². The fourth-order valence-corrected chi connectivity index (χ4v) is 6.60. The van der Waals surface area contributed by atoms with Gasteiger partial charge in [-0.2, -0.15) is 0 Å². The molecule has 4 atom stereocenters. The number of hydrogen-bond acceptors (Lipinski definition) is 7. The number of carbonyl (C=O) groups is 3. The Bertz CT molecular complexity index is 998. The number of hydrogen-bond donors (Lipinski definition) is 2. The maximum atomic E-state index is 13.7. The number of nitrogens with zero attached hydrogens (tertiary/aromatic N) is 3. The molecule has 36 heavy (non-hydrogen) atoms. The molecule has 2 aliphatic carbocycles. The van der Waals surface area contributed by atoms with E-state index in [2.05, 4.69) is 15.1 Å². The van der Waals surface area contributed by atoms with Crippen LogP contribution in [0.15, 0.2) is 24.3 Å². The van der Waals surface area contributed by atoms with Gasteiger partial charge in [-0.15, -0.1) is 0 Å². The van der Waals surface area contributed by atoms with Crippen LogP contribution in [0.1, 0.15) is 48.9 Å². The number of ether oxygens (including phenoxy) is 1.